The van der Waals surface area contributed by atoms with Gasteiger partial charge in [-0.25, -0.2) is 10.2 Å². The molecule has 2 amide bonds. The van der Waals surface area contributed by atoms with Crippen LogP contribution >= 0.6 is 0 Å². The van der Waals surface area contributed by atoms with Crippen molar-refractivity contribution < 1.29 is 28.6 Å². The quantitative estimate of drug-likeness (QED) is 0.178. The molecule has 0 aliphatic heterocycles. The number of hydrazone groups is 1. The second kappa shape index (κ2) is 13.4. The molecule has 192 valence electrons. The minimum Gasteiger partial charge on any atom is -0.494 e. The predicted octanol–water partition coefficient (Wildman–Crippen LogP) is 3.89. The molecule has 3 rings (SSSR count). The lowest BCUT2D eigenvalue weighted by Crippen LogP contribution is -2.34. The molecule has 3 aromatic carbocycles. The molecule has 0 bridgehead atoms. The summed E-state index contributed by atoms with van der Waals surface area (Å²) in [4.78, 5) is 36.8. The van der Waals surface area contributed by atoms with E-state index in [4.69, 9.17) is 14.2 Å². The molecule has 0 atom stereocenters. The topological polar surface area (TPSA) is 115 Å². The zero-order valence-electron chi connectivity index (χ0n) is 20.9. The Morgan fingerprint density at radius 1 is 0.865 bits per heavy atom. The van der Waals surface area contributed by atoms with E-state index in [2.05, 4.69) is 15.8 Å². The Kier molecular flexibility index (Phi) is 9.78. The van der Waals surface area contributed by atoms with Crippen molar-refractivity contribution >= 4 is 24.0 Å². The van der Waals surface area contributed by atoms with Gasteiger partial charge in [-0.05, 0) is 80.9 Å². The molecule has 0 unspecified atom stereocenters. The third-order valence-corrected chi connectivity index (χ3v) is 4.96. The molecule has 0 saturated carbocycles. The predicted molar refractivity (Wildman–Crippen MR) is 139 cm³/mol. The van der Waals surface area contributed by atoms with Crippen LogP contribution in [0.2, 0.25) is 0 Å². The summed E-state index contributed by atoms with van der Waals surface area (Å²) in [6.45, 7) is 6.23. The van der Waals surface area contributed by atoms with E-state index in [0.29, 0.717) is 41.4 Å². The smallest absolute Gasteiger partial charge is 0.343 e. The third kappa shape index (κ3) is 8.21. The third-order valence-electron chi connectivity index (χ3n) is 4.96. The van der Waals surface area contributed by atoms with Crippen LogP contribution in [0.3, 0.4) is 0 Å². The maximum absolute atomic E-state index is 12.6. The molecule has 0 fully saturated rings. The minimum absolute atomic E-state index is 0.227. The van der Waals surface area contributed by atoms with Crippen molar-refractivity contribution in [1.82, 2.24) is 10.7 Å². The lowest BCUT2D eigenvalue weighted by Gasteiger charge is -2.11. The van der Waals surface area contributed by atoms with Crippen molar-refractivity contribution in [2.75, 3.05) is 19.8 Å². The number of rotatable bonds is 11. The van der Waals surface area contributed by atoms with E-state index in [1.807, 2.05) is 26.8 Å². The van der Waals surface area contributed by atoms with E-state index in [-0.39, 0.29) is 18.2 Å². The Balaban J connectivity index is 1.56. The fourth-order valence-electron chi connectivity index (χ4n) is 3.24. The highest BCUT2D eigenvalue weighted by atomic mass is 16.6. The van der Waals surface area contributed by atoms with Crippen LogP contribution in [0.1, 0.15) is 45.7 Å². The number of benzene rings is 3. The maximum atomic E-state index is 12.6. The van der Waals surface area contributed by atoms with Crippen LogP contribution in [0.4, 0.5) is 0 Å². The Labute approximate surface area is 215 Å². The largest absolute Gasteiger partial charge is 0.494 e. The van der Waals surface area contributed by atoms with Crippen molar-refractivity contribution in [3.63, 3.8) is 0 Å². The van der Waals surface area contributed by atoms with Gasteiger partial charge in [0.05, 0.1) is 31.5 Å². The average Bonchev–Trinajstić information content (AvgIpc) is 2.89. The van der Waals surface area contributed by atoms with Crippen LogP contribution in [0.5, 0.6) is 17.2 Å². The van der Waals surface area contributed by atoms with Gasteiger partial charge in [0.25, 0.3) is 11.8 Å². The molecule has 2 N–H and O–H groups in total. The van der Waals surface area contributed by atoms with Gasteiger partial charge in [0.15, 0.2) is 11.5 Å². The first kappa shape index (κ1) is 26.9. The molecule has 37 heavy (non-hydrogen) atoms. The van der Waals surface area contributed by atoms with E-state index in [1.54, 1.807) is 60.7 Å². The summed E-state index contributed by atoms with van der Waals surface area (Å²) < 4.78 is 16.5. The van der Waals surface area contributed by atoms with E-state index in [0.717, 1.165) is 5.56 Å². The van der Waals surface area contributed by atoms with Crippen molar-refractivity contribution in [2.24, 2.45) is 5.10 Å². The highest BCUT2D eigenvalue weighted by Crippen LogP contribution is 2.29. The summed E-state index contributed by atoms with van der Waals surface area (Å²) in [6.07, 6.45) is 1.42. The summed E-state index contributed by atoms with van der Waals surface area (Å²) in [6, 6.07) is 18.6. The van der Waals surface area contributed by atoms with Crippen molar-refractivity contribution in [3.05, 3.63) is 89.0 Å². The van der Waals surface area contributed by atoms with Crippen molar-refractivity contribution in [3.8, 4) is 17.2 Å². The van der Waals surface area contributed by atoms with Crippen LogP contribution in [0.15, 0.2) is 71.8 Å². The van der Waals surface area contributed by atoms with E-state index < -0.39 is 11.9 Å². The Morgan fingerprint density at radius 2 is 1.62 bits per heavy atom. The van der Waals surface area contributed by atoms with Gasteiger partial charge in [0.1, 0.15) is 5.75 Å². The lowest BCUT2D eigenvalue weighted by atomic mass is 10.1. The molecular weight excluding hydrogens is 474 g/mol. The number of carbonyl (C=O) groups is 3. The van der Waals surface area contributed by atoms with Crippen molar-refractivity contribution in [2.45, 2.75) is 20.8 Å². The monoisotopic (exact) mass is 503 g/mol. The number of ether oxygens (including phenoxy) is 3. The summed E-state index contributed by atoms with van der Waals surface area (Å²) in [7, 11) is 0. The average molecular weight is 504 g/mol. The van der Waals surface area contributed by atoms with E-state index >= 15 is 0 Å². The Bertz CT molecular complexity index is 1270. The first-order valence-corrected chi connectivity index (χ1v) is 11.8. The van der Waals surface area contributed by atoms with Gasteiger partial charge < -0.3 is 19.5 Å². The molecule has 0 aliphatic carbocycles. The molecule has 9 heteroatoms. The number of hydrogen-bond donors (Lipinski definition) is 2. The van der Waals surface area contributed by atoms with Crippen molar-refractivity contribution in [1.29, 1.82) is 0 Å². The molecular formula is C28H29N3O6. The number of hydrogen-bond acceptors (Lipinski definition) is 7. The number of amides is 2. The van der Waals surface area contributed by atoms with Gasteiger partial charge in [0, 0.05) is 5.56 Å². The van der Waals surface area contributed by atoms with Crippen LogP contribution in [0.25, 0.3) is 0 Å². The standard InChI is InChI=1S/C28H29N3O6/c1-4-35-23-12-10-21(11-13-23)28(34)37-24-14-9-20(16-25(24)36-5-2)17-30-31-26(32)18-29-27(33)22-8-6-7-19(3)15-22/h6-17H,4-5,18H2,1-3H3,(H,29,33)(H,31,32). The summed E-state index contributed by atoms with van der Waals surface area (Å²) >= 11 is 0. The molecule has 9 nitrogen and oxygen atoms in total. The van der Waals surface area contributed by atoms with Crippen LogP contribution in [0, 0.1) is 6.92 Å². The molecule has 0 radical (unpaired) electrons. The van der Waals surface area contributed by atoms with Gasteiger partial charge in [-0.3, -0.25) is 9.59 Å². The molecule has 0 aromatic heterocycles. The van der Waals surface area contributed by atoms with Crippen LogP contribution < -0.4 is 25.0 Å². The van der Waals surface area contributed by atoms with Gasteiger partial charge in [-0.1, -0.05) is 17.7 Å². The molecule has 0 heterocycles. The van der Waals surface area contributed by atoms with Gasteiger partial charge in [-0.15, -0.1) is 0 Å². The summed E-state index contributed by atoms with van der Waals surface area (Å²) in [5.41, 5.74) is 4.76. The highest BCUT2D eigenvalue weighted by Gasteiger charge is 2.14. The first-order valence-electron chi connectivity index (χ1n) is 11.8. The highest BCUT2D eigenvalue weighted by molar-refractivity contribution is 5.96. The SMILES string of the molecule is CCOc1ccc(C(=O)Oc2ccc(C=NNC(=O)CNC(=O)c3cccc(C)c3)cc2OCC)cc1. The van der Waals surface area contributed by atoms with Gasteiger partial charge in [-0.2, -0.15) is 5.10 Å². The minimum atomic E-state index is -0.537. The summed E-state index contributed by atoms with van der Waals surface area (Å²) in [5.74, 6) is -0.102. The number of carbonyl (C=O) groups excluding carboxylic acids is 3. The fraction of sp³-hybridized carbons (Fsp3) is 0.214. The van der Waals surface area contributed by atoms with E-state index in [9.17, 15) is 14.4 Å². The first-order chi connectivity index (χ1) is 17.9. The van der Waals surface area contributed by atoms with Gasteiger partial charge in [0.2, 0.25) is 0 Å². The lowest BCUT2D eigenvalue weighted by molar-refractivity contribution is -0.120. The number of esters is 1. The number of nitrogens with zero attached hydrogens (tertiary/aromatic N) is 1. The Hall–Kier alpha value is -4.66. The molecule has 0 spiro atoms. The van der Waals surface area contributed by atoms with Crippen LogP contribution in [-0.4, -0.2) is 43.8 Å². The van der Waals surface area contributed by atoms with Crippen LogP contribution in [-0.2, 0) is 4.79 Å². The summed E-state index contributed by atoms with van der Waals surface area (Å²) in [5, 5.41) is 6.47. The molecule has 0 saturated heterocycles. The Morgan fingerprint density at radius 3 is 2.32 bits per heavy atom. The fourth-order valence-corrected chi connectivity index (χ4v) is 3.24. The van der Waals surface area contributed by atoms with Gasteiger partial charge >= 0.3 is 5.97 Å². The number of nitrogens with one attached hydrogen (secondary N) is 2. The zero-order valence-corrected chi connectivity index (χ0v) is 20.9. The maximum Gasteiger partial charge on any atom is 0.343 e. The molecule has 0 aliphatic rings. The normalized spacial score (nSPS) is 10.6. The zero-order chi connectivity index (χ0) is 26.6. The van der Waals surface area contributed by atoms with E-state index in [1.165, 1.54) is 6.21 Å². The second-order valence-electron chi connectivity index (χ2n) is 7.83. The molecule has 3 aromatic rings. The second-order valence-corrected chi connectivity index (χ2v) is 7.83. The number of aryl methyl sites for hydroxylation is 1.